The molecule has 1 fully saturated rings. The zero-order chi connectivity index (χ0) is 15.2. The highest BCUT2D eigenvalue weighted by atomic mass is 35.5. The van der Waals surface area contributed by atoms with Gasteiger partial charge in [-0.25, -0.2) is 0 Å². The van der Waals surface area contributed by atoms with Crippen LogP contribution in [0.3, 0.4) is 0 Å². The molecule has 1 aliphatic rings. The molecule has 22 heavy (non-hydrogen) atoms. The topological polar surface area (TPSA) is 64.8 Å². The van der Waals surface area contributed by atoms with Gasteiger partial charge in [-0.2, -0.15) is 0 Å². The summed E-state index contributed by atoms with van der Waals surface area (Å²) in [5.74, 6) is 0.0732. The maximum absolute atomic E-state index is 12.4. The Morgan fingerprint density at radius 2 is 2.14 bits per heavy atom. The predicted molar refractivity (Wildman–Crippen MR) is 88.0 cm³/mol. The van der Waals surface area contributed by atoms with Crippen LogP contribution in [0.1, 0.15) is 25.0 Å². The van der Waals surface area contributed by atoms with E-state index in [0.29, 0.717) is 26.1 Å². The second-order valence-electron chi connectivity index (χ2n) is 5.43. The number of hydrogen-bond acceptors (Lipinski definition) is 4. The number of morpholine rings is 1. The van der Waals surface area contributed by atoms with Gasteiger partial charge in [-0.05, 0) is 12.5 Å². The van der Waals surface area contributed by atoms with E-state index in [9.17, 15) is 4.79 Å². The Balaban J connectivity index is 0.00000242. The van der Waals surface area contributed by atoms with Gasteiger partial charge in [0.05, 0.1) is 31.7 Å². The summed E-state index contributed by atoms with van der Waals surface area (Å²) in [6.45, 7) is 3.48. The van der Waals surface area contributed by atoms with E-state index in [4.69, 9.17) is 15.2 Å². The number of ether oxygens (including phenoxy) is 2. The second-order valence-corrected chi connectivity index (χ2v) is 5.43. The highest BCUT2D eigenvalue weighted by molar-refractivity contribution is 5.85. The Bertz CT molecular complexity index is 454. The average Bonchev–Trinajstić information content (AvgIpc) is 2.53. The summed E-state index contributed by atoms with van der Waals surface area (Å²) in [6, 6.07) is 10.1. The molecule has 0 bridgehead atoms. The van der Waals surface area contributed by atoms with Gasteiger partial charge in [0.15, 0.2) is 0 Å². The molecule has 1 saturated heterocycles. The van der Waals surface area contributed by atoms with E-state index in [1.165, 1.54) is 0 Å². The van der Waals surface area contributed by atoms with Gasteiger partial charge in [0.2, 0.25) is 5.91 Å². The Morgan fingerprint density at radius 3 is 2.73 bits per heavy atom. The van der Waals surface area contributed by atoms with Crippen molar-refractivity contribution in [2.24, 2.45) is 5.73 Å². The molecule has 1 aromatic rings. The van der Waals surface area contributed by atoms with Gasteiger partial charge in [-0.15, -0.1) is 12.4 Å². The molecule has 1 amide bonds. The molecular weight excluding hydrogens is 304 g/mol. The first kappa shape index (κ1) is 18.9. The lowest BCUT2D eigenvalue weighted by atomic mass is 10.1. The van der Waals surface area contributed by atoms with Crippen molar-refractivity contribution in [2.45, 2.75) is 31.6 Å². The molecule has 1 heterocycles. The Hall–Kier alpha value is -1.14. The number of amides is 1. The first-order valence-corrected chi connectivity index (χ1v) is 7.34. The molecule has 1 aliphatic heterocycles. The van der Waals surface area contributed by atoms with Crippen molar-refractivity contribution in [3.8, 4) is 0 Å². The number of halogens is 1. The molecule has 0 saturated carbocycles. The van der Waals surface area contributed by atoms with Crippen LogP contribution in [0.15, 0.2) is 30.3 Å². The third kappa shape index (κ3) is 4.68. The maximum Gasteiger partial charge on any atom is 0.225 e. The molecular formula is C16H25ClN2O3. The fourth-order valence-electron chi connectivity index (χ4n) is 2.55. The van der Waals surface area contributed by atoms with Crippen molar-refractivity contribution in [1.29, 1.82) is 0 Å². The van der Waals surface area contributed by atoms with Crippen molar-refractivity contribution in [1.82, 2.24) is 4.90 Å². The Morgan fingerprint density at radius 1 is 1.45 bits per heavy atom. The molecule has 2 N–H and O–H groups in total. The van der Waals surface area contributed by atoms with E-state index in [1.54, 1.807) is 7.11 Å². The largest absolute Gasteiger partial charge is 0.380 e. The molecule has 3 atom stereocenters. The summed E-state index contributed by atoms with van der Waals surface area (Å²) in [4.78, 5) is 14.3. The molecule has 0 radical (unpaired) electrons. The lowest BCUT2D eigenvalue weighted by Crippen LogP contribution is -2.49. The smallest absolute Gasteiger partial charge is 0.225 e. The van der Waals surface area contributed by atoms with Crippen LogP contribution in [0.4, 0.5) is 0 Å². The minimum absolute atomic E-state index is 0. The number of carbonyl (C=O) groups excluding carboxylic acids is 1. The summed E-state index contributed by atoms with van der Waals surface area (Å²) in [5.41, 5.74) is 6.69. The van der Waals surface area contributed by atoms with Gasteiger partial charge in [0.25, 0.3) is 0 Å². The standard InChI is InChI=1S/C16H24N2O3.ClH/c1-12-11-21-15(13-6-4-3-5-7-13)10-18(12)16(19)8-14(9-17)20-2;/h3-7,12,14-15H,8-11,17H2,1-2H3;1H. The minimum Gasteiger partial charge on any atom is -0.380 e. The number of nitrogens with zero attached hydrogens (tertiary/aromatic N) is 1. The normalized spacial score (nSPS) is 22.8. The van der Waals surface area contributed by atoms with Crippen molar-refractivity contribution in [3.05, 3.63) is 35.9 Å². The predicted octanol–water partition coefficient (Wildman–Crippen LogP) is 1.76. The summed E-state index contributed by atoms with van der Waals surface area (Å²) in [6.07, 6.45) is 0.0340. The van der Waals surface area contributed by atoms with Gasteiger partial charge in [0.1, 0.15) is 6.10 Å². The quantitative estimate of drug-likeness (QED) is 0.894. The first-order valence-electron chi connectivity index (χ1n) is 7.34. The van der Waals surface area contributed by atoms with Crippen molar-refractivity contribution >= 4 is 18.3 Å². The monoisotopic (exact) mass is 328 g/mol. The summed E-state index contributed by atoms with van der Waals surface area (Å²) >= 11 is 0. The molecule has 5 nitrogen and oxygen atoms in total. The highest BCUT2D eigenvalue weighted by Crippen LogP contribution is 2.25. The Labute approximate surface area is 138 Å². The number of nitrogens with two attached hydrogens (primary N) is 1. The van der Waals surface area contributed by atoms with Gasteiger partial charge >= 0.3 is 0 Å². The summed E-state index contributed by atoms with van der Waals surface area (Å²) in [7, 11) is 1.58. The molecule has 0 aliphatic carbocycles. The molecule has 1 aromatic carbocycles. The van der Waals surface area contributed by atoms with Crippen LogP contribution in [-0.2, 0) is 14.3 Å². The van der Waals surface area contributed by atoms with Gasteiger partial charge in [0, 0.05) is 13.7 Å². The van der Waals surface area contributed by atoms with Crippen molar-refractivity contribution < 1.29 is 14.3 Å². The van der Waals surface area contributed by atoms with E-state index < -0.39 is 0 Å². The van der Waals surface area contributed by atoms with Gasteiger partial charge in [-0.3, -0.25) is 4.79 Å². The van der Waals surface area contributed by atoms with Crippen LogP contribution in [0, 0.1) is 0 Å². The lowest BCUT2D eigenvalue weighted by Gasteiger charge is -2.38. The van der Waals surface area contributed by atoms with Gasteiger partial charge in [-0.1, -0.05) is 30.3 Å². The summed E-state index contributed by atoms with van der Waals surface area (Å²) in [5, 5.41) is 0. The number of benzene rings is 1. The number of hydrogen-bond donors (Lipinski definition) is 1. The average molecular weight is 329 g/mol. The van der Waals surface area contributed by atoms with Crippen LogP contribution in [0.25, 0.3) is 0 Å². The van der Waals surface area contributed by atoms with E-state index in [-0.39, 0.29) is 36.6 Å². The first-order chi connectivity index (χ1) is 10.2. The van der Waals surface area contributed by atoms with E-state index in [0.717, 1.165) is 5.56 Å². The molecule has 124 valence electrons. The van der Waals surface area contributed by atoms with E-state index in [1.807, 2.05) is 42.2 Å². The maximum atomic E-state index is 12.4. The summed E-state index contributed by atoms with van der Waals surface area (Å²) < 4.78 is 11.1. The van der Waals surface area contributed by atoms with Crippen LogP contribution in [0.2, 0.25) is 0 Å². The van der Waals surface area contributed by atoms with Crippen LogP contribution in [-0.4, -0.2) is 49.8 Å². The SMILES string of the molecule is COC(CN)CC(=O)N1CC(c2ccccc2)OCC1C.Cl. The number of carbonyl (C=O) groups is 1. The number of methoxy groups -OCH3 is 1. The minimum atomic E-state index is -0.220. The molecule has 0 spiro atoms. The number of rotatable bonds is 5. The van der Waals surface area contributed by atoms with Crippen LogP contribution in [0.5, 0.6) is 0 Å². The van der Waals surface area contributed by atoms with E-state index in [2.05, 4.69) is 0 Å². The molecule has 3 unspecified atom stereocenters. The van der Waals surface area contributed by atoms with E-state index >= 15 is 0 Å². The third-order valence-electron chi connectivity index (χ3n) is 3.92. The van der Waals surface area contributed by atoms with Gasteiger partial charge < -0.3 is 20.1 Å². The highest BCUT2D eigenvalue weighted by Gasteiger charge is 2.31. The molecule has 2 rings (SSSR count). The molecule has 0 aromatic heterocycles. The lowest BCUT2D eigenvalue weighted by molar-refractivity contribution is -0.146. The molecule has 6 heteroatoms. The second kappa shape index (κ2) is 9.10. The van der Waals surface area contributed by atoms with Crippen LogP contribution >= 0.6 is 12.4 Å². The van der Waals surface area contributed by atoms with Crippen molar-refractivity contribution in [2.75, 3.05) is 26.8 Å². The zero-order valence-electron chi connectivity index (χ0n) is 13.1. The van der Waals surface area contributed by atoms with Crippen molar-refractivity contribution in [3.63, 3.8) is 0 Å². The zero-order valence-corrected chi connectivity index (χ0v) is 13.9. The third-order valence-corrected chi connectivity index (χ3v) is 3.92. The fourth-order valence-corrected chi connectivity index (χ4v) is 2.55. The fraction of sp³-hybridized carbons (Fsp3) is 0.562. The van der Waals surface area contributed by atoms with Crippen LogP contribution < -0.4 is 5.73 Å². The Kier molecular flexibility index (Phi) is 7.82.